The number of rotatable bonds is 9. The summed E-state index contributed by atoms with van der Waals surface area (Å²) >= 11 is 0. The maximum absolute atomic E-state index is 12.9. The van der Waals surface area contributed by atoms with Crippen LogP contribution in [0.4, 0.5) is 17.1 Å². The van der Waals surface area contributed by atoms with Gasteiger partial charge in [-0.3, -0.25) is 4.79 Å². The van der Waals surface area contributed by atoms with Gasteiger partial charge in [0, 0.05) is 31.9 Å². The van der Waals surface area contributed by atoms with Gasteiger partial charge in [0.2, 0.25) is 15.9 Å². The van der Waals surface area contributed by atoms with Crippen LogP contribution in [0.25, 0.3) is 0 Å². The highest BCUT2D eigenvalue weighted by Gasteiger charge is 2.25. The maximum Gasteiger partial charge on any atom is 0.246 e. The van der Waals surface area contributed by atoms with Gasteiger partial charge in [0.25, 0.3) is 0 Å². The summed E-state index contributed by atoms with van der Waals surface area (Å²) in [6.45, 7) is 7.85. The van der Waals surface area contributed by atoms with Gasteiger partial charge in [0.1, 0.15) is 0 Å². The normalized spacial score (nSPS) is 13.4. The molecule has 1 aliphatic heterocycles. The number of amides is 1. The fourth-order valence-electron chi connectivity index (χ4n) is 3.75. The van der Waals surface area contributed by atoms with Gasteiger partial charge in [0.15, 0.2) is 0 Å². The van der Waals surface area contributed by atoms with Crippen LogP contribution >= 0.6 is 0 Å². The molecule has 3 rings (SSSR count). The molecule has 0 spiro atoms. The average Bonchev–Trinajstić information content (AvgIpc) is 3.18. The van der Waals surface area contributed by atoms with Crippen LogP contribution in [0, 0.1) is 0 Å². The van der Waals surface area contributed by atoms with Crippen LogP contribution in [0.1, 0.15) is 26.3 Å². The van der Waals surface area contributed by atoms with Crippen molar-refractivity contribution in [2.45, 2.75) is 32.1 Å². The third-order valence-corrected chi connectivity index (χ3v) is 7.37. The predicted molar refractivity (Wildman–Crippen MR) is 122 cm³/mol. The number of nitrogens with one attached hydrogen (secondary N) is 2. The topological polar surface area (TPSA) is 81.8 Å². The zero-order valence-electron chi connectivity index (χ0n) is 17.8. The second-order valence-electron chi connectivity index (χ2n) is 7.10. The second kappa shape index (κ2) is 9.49. The standard InChI is InChI=1S/C22H30N4O3S/c1-4-23-19-12-11-18(30(28,29)25(5-2)6-3)15-20(19)24-16-22(27)26-14-13-17-9-7-8-10-21(17)26/h7-12,15,23-24H,4-6,13-14,16H2,1-3H3. The molecule has 1 amide bonds. The van der Waals surface area contributed by atoms with E-state index in [1.54, 1.807) is 23.1 Å². The summed E-state index contributed by atoms with van der Waals surface area (Å²) in [4.78, 5) is 14.9. The van der Waals surface area contributed by atoms with Crippen LogP contribution in [0.2, 0.25) is 0 Å². The molecule has 0 radical (unpaired) electrons. The molecule has 0 atom stereocenters. The highest BCUT2D eigenvalue weighted by molar-refractivity contribution is 7.89. The highest BCUT2D eigenvalue weighted by atomic mass is 32.2. The Balaban J connectivity index is 1.81. The molecular weight excluding hydrogens is 400 g/mol. The molecule has 30 heavy (non-hydrogen) atoms. The molecular formula is C22H30N4O3S. The Morgan fingerprint density at radius 2 is 1.77 bits per heavy atom. The molecule has 162 valence electrons. The molecule has 1 aliphatic rings. The fourth-order valence-corrected chi connectivity index (χ4v) is 5.24. The highest BCUT2D eigenvalue weighted by Crippen LogP contribution is 2.29. The molecule has 8 heteroatoms. The Bertz CT molecular complexity index is 1000. The van der Waals surface area contributed by atoms with Gasteiger partial charge in [0.05, 0.1) is 22.8 Å². The van der Waals surface area contributed by atoms with Gasteiger partial charge in [-0.1, -0.05) is 32.0 Å². The van der Waals surface area contributed by atoms with Crippen molar-refractivity contribution in [1.82, 2.24) is 4.31 Å². The molecule has 0 fully saturated rings. The Labute approximate surface area is 179 Å². The van der Waals surface area contributed by atoms with Gasteiger partial charge < -0.3 is 15.5 Å². The summed E-state index contributed by atoms with van der Waals surface area (Å²) in [5, 5.41) is 6.38. The van der Waals surface area contributed by atoms with E-state index in [4.69, 9.17) is 0 Å². The Hall–Kier alpha value is -2.58. The number of nitrogens with zero attached hydrogens (tertiary/aromatic N) is 2. The number of hydrogen-bond acceptors (Lipinski definition) is 5. The molecule has 2 N–H and O–H groups in total. The van der Waals surface area contributed by atoms with Gasteiger partial charge >= 0.3 is 0 Å². The summed E-state index contributed by atoms with van der Waals surface area (Å²) in [5.74, 6) is -0.0422. The largest absolute Gasteiger partial charge is 0.384 e. The van der Waals surface area contributed by atoms with Crippen molar-refractivity contribution in [3.05, 3.63) is 48.0 Å². The first-order valence-corrected chi connectivity index (χ1v) is 11.9. The second-order valence-corrected chi connectivity index (χ2v) is 9.04. The van der Waals surface area contributed by atoms with E-state index in [0.29, 0.717) is 31.9 Å². The van der Waals surface area contributed by atoms with Crippen LogP contribution in [-0.2, 0) is 21.2 Å². The maximum atomic E-state index is 12.9. The molecule has 0 bridgehead atoms. The molecule has 2 aromatic rings. The fraction of sp³-hybridized carbons (Fsp3) is 0.409. The molecule has 0 saturated carbocycles. The minimum absolute atomic E-state index is 0.0422. The number of benzene rings is 2. The lowest BCUT2D eigenvalue weighted by Crippen LogP contribution is -2.34. The number of fused-ring (bicyclic) bond motifs is 1. The lowest BCUT2D eigenvalue weighted by atomic mass is 10.2. The Kier molecular flexibility index (Phi) is 6.99. The van der Waals surface area contributed by atoms with E-state index in [2.05, 4.69) is 10.6 Å². The first kappa shape index (κ1) is 22.1. The summed E-state index contributed by atoms with van der Waals surface area (Å²) in [6.07, 6.45) is 0.849. The monoisotopic (exact) mass is 430 g/mol. The van der Waals surface area contributed by atoms with Crippen molar-refractivity contribution in [2.75, 3.05) is 48.3 Å². The number of carbonyl (C=O) groups excluding carboxylic acids is 1. The molecule has 0 aromatic heterocycles. The van der Waals surface area contributed by atoms with Crippen LogP contribution in [-0.4, -0.2) is 51.4 Å². The van der Waals surface area contributed by atoms with E-state index in [0.717, 1.165) is 17.8 Å². The van der Waals surface area contributed by atoms with E-state index in [1.807, 2.05) is 45.0 Å². The van der Waals surface area contributed by atoms with Gasteiger partial charge in [-0.2, -0.15) is 4.31 Å². The minimum atomic E-state index is -3.58. The van der Waals surface area contributed by atoms with Crippen molar-refractivity contribution >= 4 is 33.0 Å². The van der Waals surface area contributed by atoms with E-state index < -0.39 is 10.0 Å². The summed E-state index contributed by atoms with van der Waals surface area (Å²) in [7, 11) is -3.58. The number of sulfonamides is 1. The molecule has 0 unspecified atom stereocenters. The van der Waals surface area contributed by atoms with Crippen molar-refractivity contribution in [2.24, 2.45) is 0 Å². The smallest absolute Gasteiger partial charge is 0.246 e. The predicted octanol–water partition coefficient (Wildman–Crippen LogP) is 3.15. The van der Waals surface area contributed by atoms with Crippen LogP contribution in [0.5, 0.6) is 0 Å². The number of hydrogen-bond donors (Lipinski definition) is 2. The molecule has 7 nitrogen and oxygen atoms in total. The van der Waals surface area contributed by atoms with Gasteiger partial charge in [-0.05, 0) is 43.2 Å². The molecule has 0 saturated heterocycles. The summed E-state index contributed by atoms with van der Waals surface area (Å²) < 4.78 is 27.2. The zero-order valence-corrected chi connectivity index (χ0v) is 18.6. The Morgan fingerprint density at radius 3 is 2.47 bits per heavy atom. The first-order chi connectivity index (χ1) is 14.4. The third-order valence-electron chi connectivity index (χ3n) is 5.32. The zero-order chi connectivity index (χ0) is 21.7. The van der Waals surface area contributed by atoms with Crippen molar-refractivity contribution in [3.63, 3.8) is 0 Å². The van der Waals surface area contributed by atoms with E-state index in [-0.39, 0.29) is 17.3 Å². The molecule has 0 aliphatic carbocycles. The molecule has 1 heterocycles. The van der Waals surface area contributed by atoms with Crippen LogP contribution in [0.15, 0.2) is 47.4 Å². The SMILES string of the molecule is CCNc1ccc(S(=O)(=O)N(CC)CC)cc1NCC(=O)N1CCc2ccccc21. The number of anilines is 3. The van der Waals surface area contributed by atoms with E-state index >= 15 is 0 Å². The molecule has 2 aromatic carbocycles. The quantitative estimate of drug-likeness (QED) is 0.639. The van der Waals surface area contributed by atoms with E-state index in [9.17, 15) is 13.2 Å². The van der Waals surface area contributed by atoms with Crippen molar-refractivity contribution < 1.29 is 13.2 Å². The lowest BCUT2D eigenvalue weighted by Gasteiger charge is -2.21. The van der Waals surface area contributed by atoms with Crippen molar-refractivity contribution in [1.29, 1.82) is 0 Å². The summed E-state index contributed by atoms with van der Waals surface area (Å²) in [6, 6.07) is 12.9. The minimum Gasteiger partial charge on any atom is -0.384 e. The number of carbonyl (C=O) groups is 1. The average molecular weight is 431 g/mol. The van der Waals surface area contributed by atoms with Crippen LogP contribution in [0.3, 0.4) is 0 Å². The van der Waals surface area contributed by atoms with E-state index in [1.165, 1.54) is 9.87 Å². The van der Waals surface area contributed by atoms with Crippen LogP contribution < -0.4 is 15.5 Å². The summed E-state index contributed by atoms with van der Waals surface area (Å²) in [5.41, 5.74) is 3.50. The lowest BCUT2D eigenvalue weighted by molar-refractivity contribution is -0.116. The van der Waals surface area contributed by atoms with Gasteiger partial charge in [-0.25, -0.2) is 8.42 Å². The third kappa shape index (κ3) is 4.44. The van der Waals surface area contributed by atoms with Crippen molar-refractivity contribution in [3.8, 4) is 0 Å². The number of para-hydroxylation sites is 1. The Morgan fingerprint density at radius 1 is 1.03 bits per heavy atom. The van der Waals surface area contributed by atoms with Gasteiger partial charge in [-0.15, -0.1) is 0 Å². The first-order valence-electron chi connectivity index (χ1n) is 10.4.